The standard InChI is InChI=1S/C26H25IN2/c1-3-19-7-9-20(10-8-19)22-6-4-5-21(15-22)18(2)28-14-13-23-17-29-26-12-11-24(27)16-25(23)26/h4-12,15-17,28-29H,2-3,13-14H2,1H3. The van der Waals surface area contributed by atoms with Crippen molar-refractivity contribution in [3.63, 3.8) is 0 Å². The van der Waals surface area contributed by atoms with Crippen molar-refractivity contribution in [2.45, 2.75) is 19.8 Å². The Labute approximate surface area is 186 Å². The molecule has 2 N–H and O–H groups in total. The first-order valence-corrected chi connectivity index (χ1v) is 11.1. The monoisotopic (exact) mass is 492 g/mol. The minimum atomic E-state index is 0.854. The molecule has 0 atom stereocenters. The highest BCUT2D eigenvalue weighted by atomic mass is 127. The van der Waals surface area contributed by atoms with Gasteiger partial charge in [-0.25, -0.2) is 0 Å². The van der Waals surface area contributed by atoms with Crippen molar-refractivity contribution < 1.29 is 0 Å². The molecule has 0 saturated carbocycles. The highest BCUT2D eigenvalue weighted by molar-refractivity contribution is 14.1. The van der Waals surface area contributed by atoms with Crippen LogP contribution in [0.3, 0.4) is 0 Å². The number of fused-ring (bicyclic) bond motifs is 1. The van der Waals surface area contributed by atoms with Crippen LogP contribution < -0.4 is 5.32 Å². The van der Waals surface area contributed by atoms with Gasteiger partial charge in [0, 0.05) is 32.9 Å². The molecule has 3 aromatic carbocycles. The number of aromatic nitrogens is 1. The van der Waals surface area contributed by atoms with Gasteiger partial charge in [0.1, 0.15) is 0 Å². The van der Waals surface area contributed by atoms with Gasteiger partial charge in [-0.05, 0) is 87.5 Å². The fourth-order valence-electron chi connectivity index (χ4n) is 3.63. The number of rotatable bonds is 7. The second-order valence-corrected chi connectivity index (χ2v) is 8.54. The summed E-state index contributed by atoms with van der Waals surface area (Å²) in [5, 5.41) is 4.81. The molecular formula is C26H25IN2. The van der Waals surface area contributed by atoms with Crippen LogP contribution in [0.4, 0.5) is 0 Å². The van der Waals surface area contributed by atoms with E-state index in [1.54, 1.807) is 0 Å². The smallest absolute Gasteiger partial charge is 0.0457 e. The van der Waals surface area contributed by atoms with E-state index in [-0.39, 0.29) is 0 Å². The maximum atomic E-state index is 4.26. The van der Waals surface area contributed by atoms with Gasteiger partial charge < -0.3 is 10.3 Å². The molecule has 146 valence electrons. The van der Waals surface area contributed by atoms with E-state index >= 15 is 0 Å². The molecular weight excluding hydrogens is 467 g/mol. The summed E-state index contributed by atoms with van der Waals surface area (Å²) in [6.07, 6.45) is 4.14. The molecule has 1 heterocycles. The molecule has 4 aromatic rings. The SMILES string of the molecule is C=C(NCCc1c[nH]c2ccc(I)cc12)c1cccc(-c2ccc(CC)cc2)c1. The molecule has 4 rings (SSSR count). The van der Waals surface area contributed by atoms with Crippen molar-refractivity contribution >= 4 is 39.2 Å². The Hall–Kier alpha value is -2.53. The van der Waals surface area contributed by atoms with E-state index in [9.17, 15) is 0 Å². The molecule has 0 aliphatic heterocycles. The number of hydrogen-bond donors (Lipinski definition) is 2. The second-order valence-electron chi connectivity index (χ2n) is 7.29. The molecule has 0 saturated heterocycles. The van der Waals surface area contributed by atoms with Gasteiger partial charge in [-0.1, -0.05) is 56.0 Å². The Kier molecular flexibility index (Phi) is 6.05. The zero-order valence-corrected chi connectivity index (χ0v) is 18.8. The molecule has 0 bridgehead atoms. The number of nitrogens with one attached hydrogen (secondary N) is 2. The first kappa shape index (κ1) is 19.8. The van der Waals surface area contributed by atoms with Gasteiger partial charge >= 0.3 is 0 Å². The Morgan fingerprint density at radius 3 is 2.62 bits per heavy atom. The lowest BCUT2D eigenvalue weighted by molar-refractivity contribution is 0.853. The number of halogens is 1. The van der Waals surface area contributed by atoms with E-state index in [0.717, 1.165) is 30.6 Å². The lowest BCUT2D eigenvalue weighted by atomic mass is 10.0. The zero-order chi connectivity index (χ0) is 20.2. The minimum Gasteiger partial charge on any atom is -0.385 e. The summed E-state index contributed by atoms with van der Waals surface area (Å²) < 4.78 is 1.26. The number of benzene rings is 3. The Morgan fingerprint density at radius 1 is 1.00 bits per heavy atom. The van der Waals surface area contributed by atoms with Gasteiger partial charge in [0.2, 0.25) is 0 Å². The van der Waals surface area contributed by atoms with Gasteiger partial charge in [-0.3, -0.25) is 0 Å². The van der Waals surface area contributed by atoms with Crippen LogP contribution in [-0.4, -0.2) is 11.5 Å². The Bertz CT molecular complexity index is 1140. The molecule has 3 heteroatoms. The molecule has 0 radical (unpaired) electrons. The number of aryl methyl sites for hydroxylation is 1. The van der Waals surface area contributed by atoms with Crippen molar-refractivity contribution in [2.24, 2.45) is 0 Å². The van der Waals surface area contributed by atoms with E-state index in [4.69, 9.17) is 0 Å². The molecule has 29 heavy (non-hydrogen) atoms. The Morgan fingerprint density at radius 2 is 1.83 bits per heavy atom. The first-order valence-electron chi connectivity index (χ1n) is 10.0. The molecule has 2 nitrogen and oxygen atoms in total. The lowest BCUT2D eigenvalue weighted by Crippen LogP contribution is -2.15. The van der Waals surface area contributed by atoms with Crippen molar-refractivity contribution in [1.29, 1.82) is 0 Å². The van der Waals surface area contributed by atoms with E-state index in [1.165, 1.54) is 36.7 Å². The van der Waals surface area contributed by atoms with Crippen LogP contribution in [0.2, 0.25) is 0 Å². The molecule has 0 unspecified atom stereocenters. The normalized spacial score (nSPS) is 11.0. The van der Waals surface area contributed by atoms with Gasteiger partial charge in [0.15, 0.2) is 0 Å². The number of hydrogen-bond acceptors (Lipinski definition) is 1. The summed E-state index contributed by atoms with van der Waals surface area (Å²) in [5.74, 6) is 0. The molecule has 0 amide bonds. The summed E-state index contributed by atoms with van der Waals surface area (Å²) in [7, 11) is 0. The molecule has 0 spiro atoms. The van der Waals surface area contributed by atoms with E-state index in [1.807, 2.05) is 0 Å². The van der Waals surface area contributed by atoms with Gasteiger partial charge in [-0.2, -0.15) is 0 Å². The van der Waals surface area contributed by atoms with Crippen molar-refractivity contribution in [3.05, 3.63) is 99.8 Å². The predicted octanol–water partition coefficient (Wildman–Crippen LogP) is 6.80. The highest BCUT2D eigenvalue weighted by Crippen LogP contribution is 2.24. The Balaban J connectivity index is 1.42. The lowest BCUT2D eigenvalue weighted by Gasteiger charge is -2.11. The van der Waals surface area contributed by atoms with E-state index in [2.05, 4.69) is 119 Å². The third kappa shape index (κ3) is 4.56. The average Bonchev–Trinajstić information content (AvgIpc) is 3.16. The molecule has 0 aliphatic carbocycles. The van der Waals surface area contributed by atoms with Crippen LogP contribution in [0.15, 0.2) is 79.5 Å². The van der Waals surface area contributed by atoms with Crippen LogP contribution in [0, 0.1) is 3.57 Å². The fourth-order valence-corrected chi connectivity index (χ4v) is 4.12. The molecule has 1 aromatic heterocycles. The van der Waals surface area contributed by atoms with Crippen LogP contribution >= 0.6 is 22.6 Å². The quantitative estimate of drug-likeness (QED) is 0.273. The fraction of sp³-hybridized carbons (Fsp3) is 0.154. The minimum absolute atomic E-state index is 0.854. The average molecular weight is 492 g/mol. The maximum Gasteiger partial charge on any atom is 0.0457 e. The van der Waals surface area contributed by atoms with E-state index < -0.39 is 0 Å². The van der Waals surface area contributed by atoms with Gasteiger partial charge in [0.05, 0.1) is 0 Å². The third-order valence-corrected chi connectivity index (χ3v) is 6.04. The summed E-state index contributed by atoms with van der Waals surface area (Å²) >= 11 is 2.37. The molecule has 0 fully saturated rings. The van der Waals surface area contributed by atoms with Crippen LogP contribution in [0.5, 0.6) is 0 Å². The third-order valence-electron chi connectivity index (χ3n) is 5.37. The summed E-state index contributed by atoms with van der Waals surface area (Å²) in [6.45, 7) is 7.30. The zero-order valence-electron chi connectivity index (χ0n) is 16.6. The summed E-state index contributed by atoms with van der Waals surface area (Å²) in [4.78, 5) is 3.37. The van der Waals surface area contributed by atoms with Crippen LogP contribution in [0.1, 0.15) is 23.6 Å². The number of aromatic amines is 1. The van der Waals surface area contributed by atoms with Crippen molar-refractivity contribution in [3.8, 4) is 11.1 Å². The number of H-pyrrole nitrogens is 1. The molecule has 0 aliphatic rings. The predicted molar refractivity (Wildman–Crippen MR) is 133 cm³/mol. The van der Waals surface area contributed by atoms with E-state index in [0.29, 0.717) is 0 Å². The summed E-state index contributed by atoms with van der Waals surface area (Å²) in [5.41, 5.74) is 8.46. The first-order chi connectivity index (χ1) is 14.1. The topological polar surface area (TPSA) is 27.8 Å². The van der Waals surface area contributed by atoms with Crippen molar-refractivity contribution in [2.75, 3.05) is 6.54 Å². The highest BCUT2D eigenvalue weighted by Gasteiger charge is 2.06. The van der Waals surface area contributed by atoms with Crippen LogP contribution in [0.25, 0.3) is 27.7 Å². The van der Waals surface area contributed by atoms with Crippen LogP contribution in [-0.2, 0) is 12.8 Å². The van der Waals surface area contributed by atoms with Crippen molar-refractivity contribution in [1.82, 2.24) is 10.3 Å². The largest absolute Gasteiger partial charge is 0.385 e. The summed E-state index contributed by atoms with van der Waals surface area (Å²) in [6, 6.07) is 23.9. The maximum absolute atomic E-state index is 4.26. The van der Waals surface area contributed by atoms with Gasteiger partial charge in [-0.15, -0.1) is 0 Å². The second kappa shape index (κ2) is 8.87. The van der Waals surface area contributed by atoms with Gasteiger partial charge in [0.25, 0.3) is 0 Å².